The van der Waals surface area contributed by atoms with E-state index in [0.29, 0.717) is 6.42 Å². The Balaban J connectivity index is 2.85. The summed E-state index contributed by atoms with van der Waals surface area (Å²) in [6.07, 6.45) is 4.35. The molecule has 0 aromatic rings. The lowest BCUT2D eigenvalue weighted by atomic mass is 9.93. The van der Waals surface area contributed by atoms with E-state index >= 15 is 0 Å². The average Bonchev–Trinajstić information content (AvgIpc) is 2.55. The van der Waals surface area contributed by atoms with Crippen molar-refractivity contribution in [3.05, 3.63) is 0 Å². The summed E-state index contributed by atoms with van der Waals surface area (Å²) in [5, 5.41) is 6.21. The monoisotopic (exact) mass is 269 g/mol. The number of amides is 5. The number of carbonyl (C=O) groups is 3. The van der Waals surface area contributed by atoms with Crippen LogP contribution >= 0.6 is 0 Å². The Morgan fingerprint density at radius 2 is 2.21 bits per heavy atom. The van der Waals surface area contributed by atoms with E-state index < -0.39 is 17.6 Å². The second-order valence-corrected chi connectivity index (χ2v) is 4.46. The van der Waals surface area contributed by atoms with Crippen LogP contribution in [0, 0.1) is 0 Å². The van der Waals surface area contributed by atoms with Gasteiger partial charge in [-0.2, -0.15) is 5.10 Å². The van der Waals surface area contributed by atoms with Crippen LogP contribution in [0.4, 0.5) is 9.59 Å². The Labute approximate surface area is 111 Å². The second-order valence-electron chi connectivity index (χ2n) is 4.46. The van der Waals surface area contributed by atoms with Crippen molar-refractivity contribution in [3.8, 4) is 0 Å². The molecule has 1 fully saturated rings. The van der Waals surface area contributed by atoms with E-state index in [1.54, 1.807) is 0 Å². The minimum absolute atomic E-state index is 0.386. The van der Waals surface area contributed by atoms with E-state index in [-0.39, 0.29) is 5.91 Å². The largest absolute Gasteiger partial charge is 0.350 e. The zero-order chi connectivity index (χ0) is 14.5. The van der Waals surface area contributed by atoms with Crippen molar-refractivity contribution in [3.63, 3.8) is 0 Å². The van der Waals surface area contributed by atoms with Crippen molar-refractivity contribution in [2.24, 2.45) is 10.8 Å². The number of hydrazone groups is 1. The fourth-order valence-corrected chi connectivity index (χ4v) is 1.90. The molecular formula is C11H19N5O3. The first kappa shape index (κ1) is 14.9. The van der Waals surface area contributed by atoms with Crippen LogP contribution in [0.15, 0.2) is 5.10 Å². The van der Waals surface area contributed by atoms with Crippen molar-refractivity contribution in [1.29, 1.82) is 0 Å². The minimum Gasteiger partial charge on any atom is -0.350 e. The molecule has 1 atom stereocenters. The van der Waals surface area contributed by atoms with Crippen molar-refractivity contribution in [1.82, 2.24) is 15.6 Å². The van der Waals surface area contributed by atoms with E-state index in [2.05, 4.69) is 10.4 Å². The summed E-state index contributed by atoms with van der Waals surface area (Å²) in [5.74, 6) is -0.386. The van der Waals surface area contributed by atoms with Crippen LogP contribution in [0.3, 0.4) is 0 Å². The molecular weight excluding hydrogens is 250 g/mol. The number of nitrogens with one attached hydrogen (secondary N) is 2. The lowest BCUT2D eigenvalue weighted by Gasteiger charge is -2.21. The lowest BCUT2D eigenvalue weighted by molar-refractivity contribution is -0.128. The molecule has 1 rings (SSSR count). The van der Waals surface area contributed by atoms with Gasteiger partial charge < -0.3 is 11.1 Å². The molecule has 0 aromatic carbocycles. The van der Waals surface area contributed by atoms with E-state index in [9.17, 15) is 14.4 Å². The Morgan fingerprint density at radius 1 is 1.53 bits per heavy atom. The van der Waals surface area contributed by atoms with Gasteiger partial charge in [-0.3, -0.25) is 9.69 Å². The average molecular weight is 269 g/mol. The Morgan fingerprint density at radius 3 is 2.68 bits per heavy atom. The standard InChI is InChI=1S/C11H19N5O3/c1-3-4-5-6-11(7-13-15-9(12)18)8(17)16(2)10(19)14-11/h7H,3-6H2,1-2H3,(H,14,19)(H3,12,15,18)/b13-7+/t11-/m1/s1. The van der Waals surface area contributed by atoms with Gasteiger partial charge in [0.2, 0.25) is 0 Å². The number of nitrogens with two attached hydrogens (primary N) is 1. The van der Waals surface area contributed by atoms with Gasteiger partial charge in [-0.1, -0.05) is 26.2 Å². The fourth-order valence-electron chi connectivity index (χ4n) is 1.90. The van der Waals surface area contributed by atoms with Crippen LogP contribution in [0.2, 0.25) is 0 Å². The molecule has 0 spiro atoms. The quantitative estimate of drug-likeness (QED) is 0.275. The van der Waals surface area contributed by atoms with Crippen LogP contribution in [-0.2, 0) is 4.79 Å². The molecule has 0 saturated carbocycles. The number of nitrogens with zero attached hydrogens (tertiary/aromatic N) is 2. The summed E-state index contributed by atoms with van der Waals surface area (Å²) >= 11 is 0. The third-order valence-corrected chi connectivity index (χ3v) is 2.96. The van der Waals surface area contributed by atoms with Gasteiger partial charge in [0, 0.05) is 7.05 Å². The molecule has 1 saturated heterocycles. The normalized spacial score (nSPS) is 22.9. The highest BCUT2D eigenvalue weighted by Crippen LogP contribution is 2.21. The van der Waals surface area contributed by atoms with Gasteiger partial charge in [0.25, 0.3) is 5.91 Å². The maximum Gasteiger partial charge on any atom is 0.332 e. The van der Waals surface area contributed by atoms with Gasteiger partial charge in [-0.25, -0.2) is 15.0 Å². The summed E-state index contributed by atoms with van der Waals surface area (Å²) in [6.45, 7) is 2.04. The van der Waals surface area contributed by atoms with Crippen LogP contribution in [0.1, 0.15) is 32.6 Å². The molecule has 5 amide bonds. The van der Waals surface area contributed by atoms with Gasteiger partial charge in [-0.15, -0.1) is 0 Å². The summed E-state index contributed by atoms with van der Waals surface area (Å²) in [5.41, 5.74) is 5.72. The van der Waals surface area contributed by atoms with Gasteiger partial charge in [-0.05, 0) is 6.42 Å². The van der Waals surface area contributed by atoms with Crippen molar-refractivity contribution in [2.75, 3.05) is 7.05 Å². The first-order chi connectivity index (χ1) is 8.93. The van der Waals surface area contributed by atoms with Crippen molar-refractivity contribution < 1.29 is 14.4 Å². The first-order valence-corrected chi connectivity index (χ1v) is 6.13. The summed E-state index contributed by atoms with van der Waals surface area (Å²) < 4.78 is 0. The first-order valence-electron chi connectivity index (χ1n) is 6.13. The molecule has 1 aliphatic heterocycles. The Bertz CT molecular complexity index is 409. The molecule has 0 aromatic heterocycles. The number of urea groups is 2. The molecule has 0 bridgehead atoms. The summed E-state index contributed by atoms with van der Waals surface area (Å²) in [7, 11) is 1.40. The highest BCUT2D eigenvalue weighted by atomic mass is 16.2. The predicted octanol–water partition coefficient (Wildman–Crippen LogP) is 0.141. The fraction of sp³-hybridized carbons (Fsp3) is 0.636. The number of unbranched alkanes of at least 4 members (excludes halogenated alkanes) is 2. The number of carbonyl (C=O) groups excluding carboxylic acids is 3. The van der Waals surface area contributed by atoms with E-state index in [0.717, 1.165) is 24.2 Å². The zero-order valence-corrected chi connectivity index (χ0v) is 11.1. The van der Waals surface area contributed by atoms with Crippen LogP contribution in [0.25, 0.3) is 0 Å². The molecule has 106 valence electrons. The summed E-state index contributed by atoms with van der Waals surface area (Å²) in [6, 6.07) is -1.31. The molecule has 4 N–H and O–H groups in total. The smallest absolute Gasteiger partial charge is 0.332 e. The lowest BCUT2D eigenvalue weighted by Crippen LogP contribution is -2.49. The van der Waals surface area contributed by atoms with Gasteiger partial charge >= 0.3 is 12.1 Å². The van der Waals surface area contributed by atoms with E-state index in [4.69, 9.17) is 5.73 Å². The third-order valence-electron chi connectivity index (χ3n) is 2.96. The van der Waals surface area contributed by atoms with Crippen LogP contribution < -0.4 is 16.5 Å². The predicted molar refractivity (Wildman–Crippen MR) is 69.4 cm³/mol. The topological polar surface area (TPSA) is 117 Å². The minimum atomic E-state index is -1.19. The number of primary amides is 1. The number of likely N-dealkylation sites (N-methyl/N-ethyl adjacent to an activating group) is 1. The van der Waals surface area contributed by atoms with Gasteiger partial charge in [0.1, 0.15) is 0 Å². The van der Waals surface area contributed by atoms with Crippen LogP contribution in [-0.4, -0.2) is 41.7 Å². The molecule has 1 heterocycles. The Hall–Kier alpha value is -2.12. The van der Waals surface area contributed by atoms with Crippen LogP contribution in [0.5, 0.6) is 0 Å². The molecule has 8 heteroatoms. The molecule has 1 aliphatic rings. The molecule has 0 aliphatic carbocycles. The Kier molecular flexibility index (Phi) is 4.85. The number of hydrogen-bond donors (Lipinski definition) is 3. The van der Waals surface area contributed by atoms with Gasteiger partial charge in [0.05, 0.1) is 6.21 Å². The maximum absolute atomic E-state index is 12.1. The van der Waals surface area contributed by atoms with E-state index in [1.807, 2.05) is 12.3 Å². The number of hydrogen-bond acceptors (Lipinski definition) is 4. The maximum atomic E-state index is 12.1. The SMILES string of the molecule is CCCCC[C@]1(/C=N/NC(N)=O)NC(=O)N(C)C1=O. The molecule has 0 unspecified atom stereocenters. The zero-order valence-electron chi connectivity index (χ0n) is 11.1. The highest BCUT2D eigenvalue weighted by Gasteiger charge is 2.48. The van der Waals surface area contributed by atoms with Gasteiger partial charge in [0.15, 0.2) is 5.54 Å². The molecule has 0 radical (unpaired) electrons. The van der Waals surface area contributed by atoms with Crippen molar-refractivity contribution in [2.45, 2.75) is 38.1 Å². The third kappa shape index (κ3) is 3.43. The number of rotatable bonds is 6. The van der Waals surface area contributed by atoms with E-state index in [1.165, 1.54) is 13.3 Å². The molecule has 8 nitrogen and oxygen atoms in total. The molecule has 19 heavy (non-hydrogen) atoms. The summed E-state index contributed by atoms with van der Waals surface area (Å²) in [4.78, 5) is 35.2. The second kappa shape index (κ2) is 6.17. The van der Waals surface area contributed by atoms with Crippen molar-refractivity contribution >= 4 is 24.2 Å². The number of imide groups is 1. The highest BCUT2D eigenvalue weighted by molar-refractivity contribution is 6.16.